The molecular formula is C29H29N3O4S. The number of methoxy groups -OCH3 is 1. The van der Waals surface area contributed by atoms with Crippen LogP contribution in [0, 0.1) is 13.8 Å². The quantitative estimate of drug-likeness (QED) is 0.334. The van der Waals surface area contributed by atoms with Gasteiger partial charge in [-0.25, -0.2) is 8.42 Å². The summed E-state index contributed by atoms with van der Waals surface area (Å²) in [7, 11) is -2.59. The third-order valence-corrected chi connectivity index (χ3v) is 7.67. The lowest BCUT2D eigenvalue weighted by molar-refractivity contribution is -0.114. The third kappa shape index (κ3) is 6.34. The van der Waals surface area contributed by atoms with Gasteiger partial charge in [-0.15, -0.1) is 0 Å². The van der Waals surface area contributed by atoms with Gasteiger partial charge in [-0.2, -0.15) is 0 Å². The normalized spacial score (nSPS) is 11.1. The van der Waals surface area contributed by atoms with Crippen molar-refractivity contribution < 1.29 is 17.9 Å². The van der Waals surface area contributed by atoms with Gasteiger partial charge >= 0.3 is 0 Å². The van der Waals surface area contributed by atoms with Crippen molar-refractivity contribution >= 4 is 27.3 Å². The zero-order valence-electron chi connectivity index (χ0n) is 21.0. The molecule has 1 heterocycles. The Morgan fingerprint density at radius 1 is 0.865 bits per heavy atom. The third-order valence-electron chi connectivity index (χ3n) is 5.89. The minimum absolute atomic E-state index is 0.0925. The maximum absolute atomic E-state index is 13.7. The molecule has 0 aliphatic rings. The second-order valence-electron chi connectivity index (χ2n) is 8.78. The molecule has 4 aromatic rings. The SMILES string of the molecule is COc1ccc(C)cc1N(CC(=O)Nc1ccc(Cc2ccncc2)cc1)S(=O)(=O)c1ccc(C)cc1. The average molecular weight is 516 g/mol. The Hall–Kier alpha value is -4.17. The van der Waals surface area contributed by atoms with E-state index in [2.05, 4.69) is 10.3 Å². The van der Waals surface area contributed by atoms with Crippen LogP contribution >= 0.6 is 0 Å². The Morgan fingerprint density at radius 3 is 2.14 bits per heavy atom. The minimum atomic E-state index is -4.06. The van der Waals surface area contributed by atoms with Crippen molar-refractivity contribution in [3.63, 3.8) is 0 Å². The molecule has 190 valence electrons. The Balaban J connectivity index is 1.58. The largest absolute Gasteiger partial charge is 0.495 e. The molecule has 37 heavy (non-hydrogen) atoms. The van der Waals surface area contributed by atoms with Crippen LogP contribution in [0.2, 0.25) is 0 Å². The van der Waals surface area contributed by atoms with E-state index in [0.717, 1.165) is 33.0 Å². The van der Waals surface area contributed by atoms with Crippen molar-refractivity contribution in [1.82, 2.24) is 4.98 Å². The van der Waals surface area contributed by atoms with E-state index in [1.165, 1.54) is 7.11 Å². The summed E-state index contributed by atoms with van der Waals surface area (Å²) < 4.78 is 34.0. The van der Waals surface area contributed by atoms with Crippen LogP contribution in [0.3, 0.4) is 0 Å². The predicted molar refractivity (Wildman–Crippen MR) is 146 cm³/mol. The number of hydrogen-bond acceptors (Lipinski definition) is 5. The van der Waals surface area contributed by atoms with E-state index >= 15 is 0 Å². The lowest BCUT2D eigenvalue weighted by atomic mass is 10.1. The number of aromatic nitrogens is 1. The van der Waals surface area contributed by atoms with Crippen molar-refractivity contribution in [2.24, 2.45) is 0 Å². The smallest absolute Gasteiger partial charge is 0.264 e. The van der Waals surface area contributed by atoms with Gasteiger partial charge in [-0.1, -0.05) is 35.9 Å². The number of aryl methyl sites for hydroxylation is 2. The van der Waals surface area contributed by atoms with Gasteiger partial charge in [-0.3, -0.25) is 14.1 Å². The van der Waals surface area contributed by atoms with Gasteiger partial charge in [-0.05, 0) is 85.5 Å². The van der Waals surface area contributed by atoms with Gasteiger partial charge in [0.15, 0.2) is 0 Å². The first-order valence-corrected chi connectivity index (χ1v) is 13.2. The van der Waals surface area contributed by atoms with Gasteiger partial charge in [0.1, 0.15) is 12.3 Å². The van der Waals surface area contributed by atoms with E-state index < -0.39 is 22.5 Å². The summed E-state index contributed by atoms with van der Waals surface area (Å²) >= 11 is 0. The van der Waals surface area contributed by atoms with E-state index in [1.807, 2.05) is 44.2 Å². The first-order chi connectivity index (χ1) is 17.8. The van der Waals surface area contributed by atoms with Crippen LogP contribution in [0.15, 0.2) is 96.2 Å². The highest BCUT2D eigenvalue weighted by Crippen LogP contribution is 2.33. The van der Waals surface area contributed by atoms with Crippen molar-refractivity contribution in [3.05, 3.63) is 114 Å². The summed E-state index contributed by atoms with van der Waals surface area (Å²) in [5, 5.41) is 2.82. The summed E-state index contributed by atoms with van der Waals surface area (Å²) in [5.41, 5.74) is 4.86. The molecule has 1 N–H and O–H groups in total. The number of ether oxygens (including phenoxy) is 1. The molecule has 7 nitrogen and oxygen atoms in total. The maximum atomic E-state index is 13.7. The fraction of sp³-hybridized carbons (Fsp3) is 0.172. The Bertz CT molecular complexity index is 1470. The standard InChI is InChI=1S/C29H29N3O4S/c1-21-4-11-26(12-5-21)37(34,35)32(27-18-22(2)6-13-28(27)36-3)20-29(33)31-25-9-7-23(8-10-25)19-24-14-16-30-17-15-24/h4-18H,19-20H2,1-3H3,(H,31,33). The monoisotopic (exact) mass is 515 g/mol. The molecule has 0 aliphatic heterocycles. The van der Waals surface area contributed by atoms with E-state index in [4.69, 9.17) is 4.74 Å². The molecule has 3 aromatic carbocycles. The second kappa shape index (κ2) is 11.3. The van der Waals surface area contributed by atoms with Crippen molar-refractivity contribution in [2.75, 3.05) is 23.3 Å². The summed E-state index contributed by atoms with van der Waals surface area (Å²) in [4.78, 5) is 17.2. The van der Waals surface area contributed by atoms with Crippen LogP contribution in [0.4, 0.5) is 11.4 Å². The molecule has 8 heteroatoms. The van der Waals surface area contributed by atoms with E-state index in [9.17, 15) is 13.2 Å². The van der Waals surface area contributed by atoms with E-state index in [0.29, 0.717) is 17.1 Å². The number of carbonyl (C=O) groups excluding carboxylic acids is 1. The van der Waals surface area contributed by atoms with Gasteiger partial charge < -0.3 is 10.1 Å². The van der Waals surface area contributed by atoms with Gasteiger partial charge in [0.25, 0.3) is 10.0 Å². The van der Waals surface area contributed by atoms with E-state index in [1.54, 1.807) is 60.9 Å². The molecular weight excluding hydrogens is 486 g/mol. The number of pyridine rings is 1. The molecule has 1 aromatic heterocycles. The van der Waals surface area contributed by atoms with Crippen LogP contribution in [0.25, 0.3) is 0 Å². The number of carbonyl (C=O) groups is 1. The molecule has 4 rings (SSSR count). The minimum Gasteiger partial charge on any atom is -0.495 e. The molecule has 0 saturated carbocycles. The highest BCUT2D eigenvalue weighted by atomic mass is 32.2. The Morgan fingerprint density at radius 2 is 1.49 bits per heavy atom. The Kier molecular flexibility index (Phi) is 7.89. The van der Waals surface area contributed by atoms with Crippen LogP contribution in [-0.2, 0) is 21.2 Å². The lowest BCUT2D eigenvalue weighted by Gasteiger charge is -2.26. The average Bonchev–Trinajstić information content (AvgIpc) is 2.89. The molecule has 0 radical (unpaired) electrons. The summed E-state index contributed by atoms with van der Waals surface area (Å²) in [6.07, 6.45) is 4.25. The Labute approximate surface area is 217 Å². The number of anilines is 2. The van der Waals surface area contributed by atoms with Crippen LogP contribution in [0.1, 0.15) is 22.3 Å². The van der Waals surface area contributed by atoms with Crippen LogP contribution in [-0.4, -0.2) is 33.0 Å². The number of hydrogen-bond donors (Lipinski definition) is 1. The fourth-order valence-corrected chi connectivity index (χ4v) is 5.33. The number of benzene rings is 3. The molecule has 1 amide bonds. The number of rotatable bonds is 9. The van der Waals surface area contributed by atoms with Gasteiger partial charge in [0.05, 0.1) is 17.7 Å². The van der Waals surface area contributed by atoms with Gasteiger partial charge in [0, 0.05) is 18.1 Å². The highest BCUT2D eigenvalue weighted by Gasteiger charge is 2.29. The lowest BCUT2D eigenvalue weighted by Crippen LogP contribution is -2.38. The van der Waals surface area contributed by atoms with Crippen molar-refractivity contribution in [2.45, 2.75) is 25.2 Å². The molecule has 0 bridgehead atoms. The summed E-state index contributed by atoms with van der Waals surface area (Å²) in [6.45, 7) is 3.32. The molecule has 0 atom stereocenters. The number of sulfonamides is 1. The topological polar surface area (TPSA) is 88.6 Å². The van der Waals surface area contributed by atoms with Crippen LogP contribution < -0.4 is 14.4 Å². The number of nitrogens with one attached hydrogen (secondary N) is 1. The summed E-state index contributed by atoms with van der Waals surface area (Å²) in [5.74, 6) is -0.115. The van der Waals surface area contributed by atoms with Crippen molar-refractivity contribution in [3.8, 4) is 5.75 Å². The molecule has 0 spiro atoms. The van der Waals surface area contributed by atoms with Gasteiger partial charge in [0.2, 0.25) is 5.91 Å². The number of amides is 1. The van der Waals surface area contributed by atoms with E-state index in [-0.39, 0.29) is 4.90 Å². The zero-order valence-corrected chi connectivity index (χ0v) is 21.8. The first-order valence-electron chi connectivity index (χ1n) is 11.8. The second-order valence-corrected chi connectivity index (χ2v) is 10.6. The predicted octanol–water partition coefficient (Wildman–Crippen LogP) is 5.13. The van der Waals surface area contributed by atoms with Crippen LogP contribution in [0.5, 0.6) is 5.75 Å². The number of nitrogens with zero attached hydrogens (tertiary/aromatic N) is 2. The molecule has 0 unspecified atom stereocenters. The molecule has 0 fully saturated rings. The highest BCUT2D eigenvalue weighted by molar-refractivity contribution is 7.92. The van der Waals surface area contributed by atoms with Crippen molar-refractivity contribution in [1.29, 1.82) is 0 Å². The molecule has 0 aliphatic carbocycles. The zero-order chi connectivity index (χ0) is 26.4. The summed E-state index contributed by atoms with van der Waals surface area (Å²) in [6, 6.07) is 23.1. The maximum Gasteiger partial charge on any atom is 0.264 e. The first kappa shape index (κ1) is 25.9. The molecule has 0 saturated heterocycles. The fourth-order valence-electron chi connectivity index (χ4n) is 3.91.